The molecule has 0 aliphatic carbocycles. The number of carboxylic acids is 1. The van der Waals surface area contributed by atoms with Crippen molar-refractivity contribution in [3.8, 4) is 11.1 Å². The molecule has 2 rings (SSSR count). The molecule has 2 aromatic heterocycles. The van der Waals surface area contributed by atoms with Gasteiger partial charge >= 0.3 is 5.97 Å². The Labute approximate surface area is 121 Å². The Balaban J connectivity index is 2.36. The van der Waals surface area contributed by atoms with Crippen molar-refractivity contribution in [3.63, 3.8) is 0 Å². The first-order valence-electron chi connectivity index (χ1n) is 6.12. The zero-order valence-electron chi connectivity index (χ0n) is 11.2. The van der Waals surface area contributed by atoms with Crippen molar-refractivity contribution in [2.45, 2.75) is 26.4 Å². The Kier molecular flexibility index (Phi) is 4.24. The summed E-state index contributed by atoms with van der Waals surface area (Å²) in [6, 6.07) is 1.98. The second-order valence-electron chi connectivity index (χ2n) is 4.67. The van der Waals surface area contributed by atoms with Crippen LogP contribution in [0.25, 0.3) is 11.1 Å². The summed E-state index contributed by atoms with van der Waals surface area (Å²) in [7, 11) is 0. The van der Waals surface area contributed by atoms with E-state index in [0.29, 0.717) is 5.15 Å². The Morgan fingerprint density at radius 1 is 1.50 bits per heavy atom. The SMILES string of the molecule is CC(C)Nc1cc(Cl)ncc1-c1cnn(CC(=O)O)c1. The van der Waals surface area contributed by atoms with Gasteiger partial charge in [0.25, 0.3) is 0 Å². The lowest BCUT2D eigenvalue weighted by molar-refractivity contribution is -0.137. The predicted octanol–water partition coefficient (Wildman–Crippen LogP) is 2.50. The summed E-state index contributed by atoms with van der Waals surface area (Å²) in [5, 5.41) is 16.5. The standard InChI is InChI=1S/C13H15ClN4O2/c1-8(2)17-11-3-12(14)15-5-10(11)9-4-16-18(6-9)7-13(19)20/h3-6,8H,7H2,1-2H3,(H,15,17)(H,19,20). The van der Waals surface area contributed by atoms with Crippen LogP contribution in [0.2, 0.25) is 5.15 Å². The van der Waals surface area contributed by atoms with Crippen molar-refractivity contribution in [1.29, 1.82) is 0 Å². The molecule has 0 unspecified atom stereocenters. The van der Waals surface area contributed by atoms with E-state index in [1.165, 1.54) is 4.68 Å². The third-order valence-corrected chi connectivity index (χ3v) is 2.76. The van der Waals surface area contributed by atoms with Crippen molar-refractivity contribution >= 4 is 23.3 Å². The number of hydrogen-bond acceptors (Lipinski definition) is 4. The number of halogens is 1. The minimum absolute atomic E-state index is 0.173. The highest BCUT2D eigenvalue weighted by atomic mass is 35.5. The molecule has 0 saturated heterocycles. The number of carboxylic acid groups (broad SMARTS) is 1. The topological polar surface area (TPSA) is 80.0 Å². The maximum atomic E-state index is 10.7. The fraction of sp³-hybridized carbons (Fsp3) is 0.308. The number of aliphatic carboxylic acids is 1. The molecule has 0 atom stereocenters. The molecule has 0 amide bonds. The van der Waals surface area contributed by atoms with Crippen molar-refractivity contribution in [1.82, 2.24) is 14.8 Å². The molecule has 2 heterocycles. The van der Waals surface area contributed by atoms with E-state index in [4.69, 9.17) is 16.7 Å². The van der Waals surface area contributed by atoms with Crippen LogP contribution in [0.1, 0.15) is 13.8 Å². The van der Waals surface area contributed by atoms with E-state index in [1.807, 2.05) is 13.8 Å². The van der Waals surface area contributed by atoms with Crippen LogP contribution in [0.5, 0.6) is 0 Å². The second kappa shape index (κ2) is 5.92. The molecule has 0 fully saturated rings. The Morgan fingerprint density at radius 2 is 2.25 bits per heavy atom. The smallest absolute Gasteiger partial charge is 0.325 e. The molecular formula is C13H15ClN4O2. The molecule has 7 heteroatoms. The summed E-state index contributed by atoms with van der Waals surface area (Å²) < 4.78 is 1.37. The first kappa shape index (κ1) is 14.3. The van der Waals surface area contributed by atoms with Gasteiger partial charge in [0, 0.05) is 35.2 Å². The predicted molar refractivity (Wildman–Crippen MR) is 76.9 cm³/mol. The Hall–Kier alpha value is -2.08. The molecule has 6 nitrogen and oxygen atoms in total. The zero-order valence-corrected chi connectivity index (χ0v) is 11.9. The van der Waals surface area contributed by atoms with E-state index in [2.05, 4.69) is 15.4 Å². The van der Waals surface area contributed by atoms with Crippen molar-refractivity contribution in [3.05, 3.63) is 29.8 Å². The lowest BCUT2D eigenvalue weighted by Crippen LogP contribution is -2.10. The third kappa shape index (κ3) is 3.48. The molecule has 2 aromatic rings. The van der Waals surface area contributed by atoms with Gasteiger partial charge in [-0.2, -0.15) is 5.10 Å². The number of hydrogen-bond donors (Lipinski definition) is 2. The third-order valence-electron chi connectivity index (χ3n) is 2.56. The zero-order chi connectivity index (χ0) is 14.7. The van der Waals surface area contributed by atoms with Gasteiger partial charge < -0.3 is 10.4 Å². The molecule has 0 aromatic carbocycles. The van der Waals surface area contributed by atoms with Gasteiger partial charge in [-0.15, -0.1) is 0 Å². The lowest BCUT2D eigenvalue weighted by atomic mass is 10.1. The van der Waals surface area contributed by atoms with Gasteiger partial charge in [0.1, 0.15) is 11.7 Å². The molecule has 0 saturated carbocycles. The van der Waals surface area contributed by atoms with Crippen molar-refractivity contribution < 1.29 is 9.90 Å². The second-order valence-corrected chi connectivity index (χ2v) is 5.06. The van der Waals surface area contributed by atoms with Gasteiger partial charge in [-0.1, -0.05) is 11.6 Å². The monoisotopic (exact) mass is 294 g/mol. The normalized spacial score (nSPS) is 10.8. The van der Waals surface area contributed by atoms with Crippen LogP contribution in [0, 0.1) is 0 Å². The van der Waals surface area contributed by atoms with Crippen LogP contribution in [-0.4, -0.2) is 31.9 Å². The quantitative estimate of drug-likeness (QED) is 0.828. The van der Waals surface area contributed by atoms with E-state index in [1.54, 1.807) is 24.7 Å². The number of nitrogens with zero attached hydrogens (tertiary/aromatic N) is 3. The van der Waals surface area contributed by atoms with Crippen LogP contribution < -0.4 is 5.32 Å². The van der Waals surface area contributed by atoms with Crippen LogP contribution in [0.4, 0.5) is 5.69 Å². The van der Waals surface area contributed by atoms with Crippen LogP contribution in [0.15, 0.2) is 24.7 Å². The average Bonchev–Trinajstić information content (AvgIpc) is 2.75. The minimum atomic E-state index is -0.936. The fourth-order valence-electron chi connectivity index (χ4n) is 1.82. The van der Waals surface area contributed by atoms with Crippen molar-refractivity contribution in [2.24, 2.45) is 0 Å². The summed E-state index contributed by atoms with van der Waals surface area (Å²) in [6.45, 7) is 3.87. The van der Waals surface area contributed by atoms with Gasteiger partial charge in [-0.25, -0.2) is 4.98 Å². The van der Waals surface area contributed by atoms with Crippen LogP contribution in [-0.2, 0) is 11.3 Å². The molecule has 0 aliphatic heterocycles. The summed E-state index contributed by atoms with van der Waals surface area (Å²) in [5.74, 6) is -0.936. The number of nitrogens with one attached hydrogen (secondary N) is 1. The van der Waals surface area contributed by atoms with Gasteiger partial charge in [-0.05, 0) is 19.9 Å². The summed E-state index contributed by atoms with van der Waals surface area (Å²) in [5.41, 5.74) is 2.47. The van der Waals surface area contributed by atoms with Gasteiger partial charge in [0.15, 0.2) is 0 Å². The van der Waals surface area contributed by atoms with Crippen LogP contribution in [0.3, 0.4) is 0 Å². The highest BCUT2D eigenvalue weighted by molar-refractivity contribution is 6.29. The molecule has 0 radical (unpaired) electrons. The highest BCUT2D eigenvalue weighted by Crippen LogP contribution is 2.29. The molecule has 20 heavy (non-hydrogen) atoms. The fourth-order valence-corrected chi connectivity index (χ4v) is 1.98. The van der Waals surface area contributed by atoms with E-state index in [0.717, 1.165) is 16.8 Å². The average molecular weight is 295 g/mol. The Bertz CT molecular complexity index is 625. The van der Waals surface area contributed by atoms with E-state index in [-0.39, 0.29) is 12.6 Å². The maximum absolute atomic E-state index is 10.7. The molecule has 0 bridgehead atoms. The molecular weight excluding hydrogens is 280 g/mol. The van der Waals surface area contributed by atoms with Crippen molar-refractivity contribution in [2.75, 3.05) is 5.32 Å². The van der Waals surface area contributed by atoms with Gasteiger partial charge in [-0.3, -0.25) is 9.48 Å². The number of aromatic nitrogens is 3. The first-order chi connectivity index (χ1) is 9.45. The molecule has 0 spiro atoms. The largest absolute Gasteiger partial charge is 0.480 e. The highest BCUT2D eigenvalue weighted by Gasteiger charge is 2.11. The maximum Gasteiger partial charge on any atom is 0.325 e. The molecule has 0 aliphatic rings. The number of carbonyl (C=O) groups is 1. The minimum Gasteiger partial charge on any atom is -0.480 e. The molecule has 106 valence electrons. The summed E-state index contributed by atoms with van der Waals surface area (Å²) in [4.78, 5) is 14.7. The Morgan fingerprint density at radius 3 is 2.90 bits per heavy atom. The van der Waals surface area contributed by atoms with E-state index < -0.39 is 5.97 Å². The first-order valence-corrected chi connectivity index (χ1v) is 6.50. The number of anilines is 1. The molecule has 2 N–H and O–H groups in total. The lowest BCUT2D eigenvalue weighted by Gasteiger charge is -2.13. The number of pyridine rings is 1. The summed E-state index contributed by atoms with van der Waals surface area (Å²) in [6.07, 6.45) is 4.93. The van der Waals surface area contributed by atoms with Gasteiger partial charge in [0.2, 0.25) is 0 Å². The van der Waals surface area contributed by atoms with E-state index in [9.17, 15) is 4.79 Å². The number of rotatable bonds is 5. The van der Waals surface area contributed by atoms with Gasteiger partial charge in [0.05, 0.1) is 6.20 Å². The van der Waals surface area contributed by atoms with Crippen LogP contribution >= 0.6 is 11.6 Å². The van der Waals surface area contributed by atoms with E-state index >= 15 is 0 Å². The summed E-state index contributed by atoms with van der Waals surface area (Å²) >= 11 is 5.91.